The van der Waals surface area contributed by atoms with Crippen LogP contribution in [0.2, 0.25) is 0 Å². The minimum Gasteiger partial charge on any atom is -0.496 e. The van der Waals surface area contributed by atoms with Crippen molar-refractivity contribution in [2.24, 2.45) is 0 Å². The van der Waals surface area contributed by atoms with E-state index in [2.05, 4.69) is 5.32 Å². The minimum atomic E-state index is -1.05. The van der Waals surface area contributed by atoms with Crippen LogP contribution in [0, 0.1) is 0 Å². The van der Waals surface area contributed by atoms with Crippen LogP contribution in [0.4, 0.5) is 5.69 Å². The molecule has 2 aromatic rings. The average Bonchev–Trinajstić information content (AvgIpc) is 2.55. The molecule has 0 aliphatic rings. The number of carbonyl (C=O) groups excluding carboxylic acids is 2. The van der Waals surface area contributed by atoms with Gasteiger partial charge in [-0.05, 0) is 49.4 Å². The Morgan fingerprint density at radius 1 is 1.12 bits per heavy atom. The second-order valence-corrected chi connectivity index (χ2v) is 6.67. The van der Waals surface area contributed by atoms with Crippen molar-refractivity contribution in [1.82, 2.24) is 0 Å². The fourth-order valence-corrected chi connectivity index (χ4v) is 2.76. The normalized spacial score (nSPS) is 11.6. The van der Waals surface area contributed by atoms with Gasteiger partial charge in [0.1, 0.15) is 5.75 Å². The van der Waals surface area contributed by atoms with E-state index >= 15 is 0 Å². The number of benzene rings is 2. The molecule has 24 heavy (non-hydrogen) atoms. The molecule has 0 aliphatic heterocycles. The predicted molar refractivity (Wildman–Crippen MR) is 94.1 cm³/mol. The molecule has 1 unspecified atom stereocenters. The number of carbonyl (C=O) groups is 2. The highest BCUT2D eigenvalue weighted by Gasteiger charge is 2.12. The lowest BCUT2D eigenvalue weighted by molar-refractivity contribution is -0.115. The summed E-state index contributed by atoms with van der Waals surface area (Å²) in [5.74, 6) is 0.272. The Labute approximate surface area is 143 Å². The molecule has 0 heterocycles. The van der Waals surface area contributed by atoms with Gasteiger partial charge in [0.05, 0.1) is 13.5 Å². The highest BCUT2D eigenvalue weighted by Crippen LogP contribution is 2.21. The van der Waals surface area contributed by atoms with Gasteiger partial charge in [0.25, 0.3) is 0 Å². The van der Waals surface area contributed by atoms with Gasteiger partial charge >= 0.3 is 0 Å². The first kappa shape index (κ1) is 17.9. The second kappa shape index (κ2) is 7.88. The molecule has 2 aromatic carbocycles. The maximum absolute atomic E-state index is 12.2. The van der Waals surface area contributed by atoms with Gasteiger partial charge in [-0.3, -0.25) is 13.8 Å². The number of amides is 1. The summed E-state index contributed by atoms with van der Waals surface area (Å²) in [6.45, 7) is 1.48. The lowest BCUT2D eigenvalue weighted by Gasteiger charge is -2.10. The smallest absolute Gasteiger partial charge is 0.228 e. The van der Waals surface area contributed by atoms with Crippen molar-refractivity contribution in [3.8, 4) is 5.75 Å². The summed E-state index contributed by atoms with van der Waals surface area (Å²) in [6, 6.07) is 11.9. The van der Waals surface area contributed by atoms with Crippen molar-refractivity contribution in [3.05, 3.63) is 53.6 Å². The summed E-state index contributed by atoms with van der Waals surface area (Å²) < 4.78 is 16.6. The zero-order valence-corrected chi connectivity index (χ0v) is 14.6. The number of hydrogen-bond acceptors (Lipinski definition) is 4. The summed E-state index contributed by atoms with van der Waals surface area (Å²) in [4.78, 5) is 24.4. The molecule has 0 bridgehead atoms. The third-order valence-electron chi connectivity index (χ3n) is 3.51. The van der Waals surface area contributed by atoms with Crippen molar-refractivity contribution < 1.29 is 18.5 Å². The van der Waals surface area contributed by atoms with Gasteiger partial charge in [-0.15, -0.1) is 0 Å². The van der Waals surface area contributed by atoms with Crippen molar-refractivity contribution in [2.45, 2.75) is 18.2 Å². The van der Waals surface area contributed by atoms with E-state index in [4.69, 9.17) is 4.74 Å². The van der Waals surface area contributed by atoms with Crippen molar-refractivity contribution >= 4 is 28.2 Å². The summed E-state index contributed by atoms with van der Waals surface area (Å²) in [6.07, 6.45) is 1.69. The first-order chi connectivity index (χ1) is 11.4. The van der Waals surface area contributed by atoms with Gasteiger partial charge < -0.3 is 10.1 Å². The molecule has 0 radical (unpaired) electrons. The van der Waals surface area contributed by atoms with Crippen molar-refractivity contribution in [1.29, 1.82) is 0 Å². The minimum absolute atomic E-state index is 0.0672. The number of hydrogen-bond donors (Lipinski definition) is 1. The van der Waals surface area contributed by atoms with Gasteiger partial charge in [-0.2, -0.15) is 0 Å². The lowest BCUT2D eigenvalue weighted by Crippen LogP contribution is -2.15. The quantitative estimate of drug-likeness (QED) is 0.817. The third-order valence-corrected chi connectivity index (χ3v) is 4.44. The Hall–Kier alpha value is -2.47. The maximum Gasteiger partial charge on any atom is 0.228 e. The zero-order valence-electron chi connectivity index (χ0n) is 13.8. The van der Waals surface area contributed by atoms with Crippen LogP contribution < -0.4 is 10.1 Å². The van der Waals surface area contributed by atoms with E-state index in [9.17, 15) is 13.8 Å². The standard InChI is InChI=1S/C18H19NO4S/c1-12(20)13-4-9-17(23-2)14(10-13)11-18(21)19-15-5-7-16(8-6-15)24(3)22/h4-10H,11H2,1-3H3,(H,19,21). The number of Topliss-reactive ketones (excluding diaryl/α,β-unsaturated/α-hetero) is 1. The van der Waals surface area contributed by atoms with E-state index in [1.165, 1.54) is 14.0 Å². The molecular weight excluding hydrogens is 326 g/mol. The van der Waals surface area contributed by atoms with E-state index in [1.807, 2.05) is 0 Å². The van der Waals surface area contributed by atoms with Crippen LogP contribution in [-0.4, -0.2) is 29.3 Å². The van der Waals surface area contributed by atoms with Crippen LogP contribution in [0.1, 0.15) is 22.8 Å². The maximum atomic E-state index is 12.2. The van der Waals surface area contributed by atoms with Gasteiger partial charge in [-0.25, -0.2) is 0 Å². The average molecular weight is 345 g/mol. The van der Waals surface area contributed by atoms with E-state index < -0.39 is 10.8 Å². The Kier molecular flexibility index (Phi) is 5.87. The van der Waals surface area contributed by atoms with Crippen LogP contribution in [0.15, 0.2) is 47.4 Å². The molecule has 5 nitrogen and oxygen atoms in total. The fourth-order valence-electron chi connectivity index (χ4n) is 2.24. The Morgan fingerprint density at radius 2 is 1.79 bits per heavy atom. The van der Waals surface area contributed by atoms with Crippen LogP contribution >= 0.6 is 0 Å². The first-order valence-corrected chi connectivity index (χ1v) is 8.87. The molecule has 1 N–H and O–H groups in total. The van der Waals surface area contributed by atoms with E-state index in [-0.39, 0.29) is 18.1 Å². The van der Waals surface area contributed by atoms with Gasteiger partial charge in [0.2, 0.25) is 5.91 Å². The van der Waals surface area contributed by atoms with Crippen molar-refractivity contribution in [3.63, 3.8) is 0 Å². The Morgan fingerprint density at radius 3 is 2.33 bits per heavy atom. The van der Waals surface area contributed by atoms with Crippen molar-refractivity contribution in [2.75, 3.05) is 18.7 Å². The summed E-state index contributed by atoms with van der Waals surface area (Å²) in [5.41, 5.74) is 1.80. The number of nitrogens with one attached hydrogen (secondary N) is 1. The highest BCUT2D eigenvalue weighted by molar-refractivity contribution is 7.84. The molecule has 0 fully saturated rings. The third kappa shape index (κ3) is 4.52. The van der Waals surface area contributed by atoms with E-state index in [0.717, 1.165) is 0 Å². The van der Waals surface area contributed by atoms with Crippen LogP contribution in [-0.2, 0) is 22.0 Å². The summed E-state index contributed by atoms with van der Waals surface area (Å²) >= 11 is 0. The predicted octanol–water partition coefficient (Wildman–Crippen LogP) is 2.82. The molecule has 2 rings (SSSR count). The number of ketones is 1. The molecule has 126 valence electrons. The molecule has 0 aliphatic carbocycles. The van der Waals surface area contributed by atoms with Gasteiger partial charge in [0, 0.05) is 38.8 Å². The number of ether oxygens (including phenoxy) is 1. The van der Waals surface area contributed by atoms with E-state index in [1.54, 1.807) is 48.7 Å². The molecular formula is C18H19NO4S. The topological polar surface area (TPSA) is 72.5 Å². The highest BCUT2D eigenvalue weighted by atomic mass is 32.2. The van der Waals surface area contributed by atoms with Crippen LogP contribution in [0.25, 0.3) is 0 Å². The molecule has 0 spiro atoms. The van der Waals surface area contributed by atoms with Crippen LogP contribution in [0.5, 0.6) is 5.75 Å². The number of anilines is 1. The zero-order chi connectivity index (χ0) is 17.7. The largest absolute Gasteiger partial charge is 0.496 e. The SMILES string of the molecule is COc1ccc(C(C)=O)cc1CC(=O)Nc1ccc(S(C)=O)cc1. The summed E-state index contributed by atoms with van der Waals surface area (Å²) in [7, 11) is 0.467. The van der Waals surface area contributed by atoms with Gasteiger partial charge in [0.15, 0.2) is 5.78 Å². The molecule has 0 aromatic heterocycles. The Bertz CT molecular complexity index is 784. The van der Waals surface area contributed by atoms with Gasteiger partial charge in [-0.1, -0.05) is 0 Å². The molecule has 1 amide bonds. The molecule has 1 atom stereocenters. The Balaban J connectivity index is 2.12. The lowest BCUT2D eigenvalue weighted by atomic mass is 10.0. The van der Waals surface area contributed by atoms with E-state index in [0.29, 0.717) is 27.5 Å². The monoisotopic (exact) mass is 345 g/mol. The molecule has 0 saturated carbocycles. The summed E-state index contributed by atoms with van der Waals surface area (Å²) in [5, 5.41) is 2.78. The second-order valence-electron chi connectivity index (χ2n) is 5.29. The van der Waals surface area contributed by atoms with Crippen LogP contribution in [0.3, 0.4) is 0 Å². The number of methoxy groups -OCH3 is 1. The first-order valence-electron chi connectivity index (χ1n) is 7.32. The molecule has 0 saturated heterocycles. The number of rotatable bonds is 6. The fraction of sp³-hybridized carbons (Fsp3) is 0.222. The molecule has 6 heteroatoms.